The summed E-state index contributed by atoms with van der Waals surface area (Å²) >= 11 is 0. The quantitative estimate of drug-likeness (QED) is 0.368. The number of hydrogen-bond donors (Lipinski definition) is 2. The molecule has 0 aromatic heterocycles. The van der Waals surface area contributed by atoms with Crippen LogP contribution < -0.4 is 15.8 Å². The Bertz CT molecular complexity index is 860. The molecule has 2 rings (SSSR count). The second-order valence-electron chi connectivity index (χ2n) is 6.52. The van der Waals surface area contributed by atoms with Crippen LogP contribution in [-0.4, -0.2) is 36.6 Å². The molecule has 0 heterocycles. The van der Waals surface area contributed by atoms with E-state index in [2.05, 4.69) is 5.32 Å². The largest absolute Gasteiger partial charge is 0.464 e. The smallest absolute Gasteiger partial charge is 0.344 e. The van der Waals surface area contributed by atoms with Crippen LogP contribution in [0.15, 0.2) is 48.5 Å². The Kier molecular flexibility index (Phi) is 7.80. The molecule has 30 heavy (non-hydrogen) atoms. The van der Waals surface area contributed by atoms with Crippen LogP contribution in [0.1, 0.15) is 26.3 Å². The minimum atomic E-state index is -1.98. The molecule has 0 radical (unpaired) electrons. The first-order chi connectivity index (χ1) is 14.3. The van der Waals surface area contributed by atoms with Crippen molar-refractivity contribution in [2.45, 2.75) is 32.7 Å². The van der Waals surface area contributed by atoms with E-state index < -0.39 is 23.4 Å². The maximum atomic E-state index is 12.7. The van der Waals surface area contributed by atoms with Crippen molar-refractivity contribution >= 4 is 23.5 Å². The van der Waals surface area contributed by atoms with Gasteiger partial charge in [0, 0.05) is 19.0 Å². The van der Waals surface area contributed by atoms with Crippen molar-refractivity contribution in [2.24, 2.45) is 0 Å². The average molecular weight is 414 g/mol. The molecule has 0 saturated heterocycles. The molecule has 0 aliphatic carbocycles. The Labute approximate surface area is 175 Å². The van der Waals surface area contributed by atoms with E-state index in [0.717, 1.165) is 0 Å². The van der Waals surface area contributed by atoms with Crippen LogP contribution in [0.4, 0.5) is 5.69 Å². The predicted molar refractivity (Wildman–Crippen MR) is 111 cm³/mol. The number of nitrogens with one attached hydrogen (secondary N) is 1. The fourth-order valence-corrected chi connectivity index (χ4v) is 2.84. The summed E-state index contributed by atoms with van der Waals surface area (Å²) in [4.78, 5) is 37.2. The van der Waals surface area contributed by atoms with Crippen LogP contribution in [0, 0.1) is 0 Å². The highest BCUT2D eigenvalue weighted by atomic mass is 16.6. The summed E-state index contributed by atoms with van der Waals surface area (Å²) in [6, 6.07) is 13.7. The number of amides is 1. The molecule has 3 N–H and O–H groups in total. The minimum absolute atomic E-state index is 0.0495. The first-order valence-corrected chi connectivity index (χ1v) is 9.56. The molecular weight excluding hydrogens is 388 g/mol. The molecule has 0 aliphatic rings. The van der Waals surface area contributed by atoms with E-state index >= 15 is 0 Å². The number of carbonyl (C=O) groups excluding carboxylic acids is 3. The molecule has 2 aromatic carbocycles. The predicted octanol–water partition coefficient (Wildman–Crippen LogP) is 2.60. The number of carbonyl (C=O) groups is 3. The molecule has 1 amide bonds. The summed E-state index contributed by atoms with van der Waals surface area (Å²) in [6.07, 6.45) is -0.133. The lowest BCUT2D eigenvalue weighted by Crippen LogP contribution is -2.62. The molecule has 160 valence electrons. The topological polar surface area (TPSA) is 117 Å². The van der Waals surface area contributed by atoms with E-state index in [4.69, 9.17) is 19.9 Å². The van der Waals surface area contributed by atoms with Crippen LogP contribution in [0.25, 0.3) is 0 Å². The molecule has 8 heteroatoms. The molecule has 2 aromatic rings. The Balaban J connectivity index is 2.29. The van der Waals surface area contributed by atoms with Gasteiger partial charge in [0.15, 0.2) is 0 Å². The first-order valence-electron chi connectivity index (χ1n) is 9.56. The Morgan fingerprint density at radius 3 is 1.77 bits per heavy atom. The monoisotopic (exact) mass is 414 g/mol. The van der Waals surface area contributed by atoms with E-state index in [0.29, 0.717) is 22.7 Å². The Morgan fingerprint density at radius 1 is 0.867 bits per heavy atom. The number of hydrogen-bond acceptors (Lipinski definition) is 7. The van der Waals surface area contributed by atoms with Crippen molar-refractivity contribution in [1.29, 1.82) is 0 Å². The zero-order valence-corrected chi connectivity index (χ0v) is 17.3. The molecule has 0 fully saturated rings. The molecule has 0 spiro atoms. The molecule has 0 aliphatic heterocycles. The third-order valence-electron chi connectivity index (χ3n) is 4.15. The molecule has 0 saturated carbocycles. The Morgan fingerprint density at radius 2 is 1.33 bits per heavy atom. The van der Waals surface area contributed by atoms with Crippen molar-refractivity contribution in [2.75, 3.05) is 18.9 Å². The highest BCUT2D eigenvalue weighted by Crippen LogP contribution is 2.25. The highest BCUT2D eigenvalue weighted by molar-refractivity contribution is 6.08. The van der Waals surface area contributed by atoms with E-state index in [1.807, 2.05) is 0 Å². The lowest BCUT2D eigenvalue weighted by atomic mass is 9.90. The van der Waals surface area contributed by atoms with Gasteiger partial charge in [0.25, 0.3) is 0 Å². The van der Waals surface area contributed by atoms with E-state index in [1.165, 1.54) is 6.92 Å². The van der Waals surface area contributed by atoms with Gasteiger partial charge in [-0.3, -0.25) is 4.79 Å². The maximum Gasteiger partial charge on any atom is 0.344 e. The standard InChI is InChI=1S/C22H26N2O6/c1-4-28-20(26)22(24-15(3)25,21(27)29-5-2)14-16-6-10-18(11-7-16)30-19-12-8-17(23)9-13-19/h6-13H,4-5,14,23H2,1-3H3,(H,24,25). The first kappa shape index (κ1) is 22.7. The van der Waals surface area contributed by atoms with E-state index in [1.54, 1.807) is 62.4 Å². The van der Waals surface area contributed by atoms with Crippen molar-refractivity contribution in [1.82, 2.24) is 5.32 Å². The van der Waals surface area contributed by atoms with Gasteiger partial charge in [-0.05, 0) is 55.8 Å². The number of ether oxygens (including phenoxy) is 3. The molecular formula is C22H26N2O6. The fraction of sp³-hybridized carbons (Fsp3) is 0.318. The number of esters is 2. The zero-order valence-electron chi connectivity index (χ0n) is 17.3. The van der Waals surface area contributed by atoms with Gasteiger partial charge >= 0.3 is 11.9 Å². The lowest BCUT2D eigenvalue weighted by Gasteiger charge is -2.29. The summed E-state index contributed by atoms with van der Waals surface area (Å²) < 4.78 is 15.9. The normalized spacial score (nSPS) is 10.8. The average Bonchev–Trinajstić information content (AvgIpc) is 2.70. The number of rotatable bonds is 9. The number of anilines is 1. The van der Waals surface area contributed by atoms with Crippen LogP contribution in [-0.2, 0) is 30.3 Å². The van der Waals surface area contributed by atoms with Gasteiger partial charge in [-0.15, -0.1) is 0 Å². The summed E-state index contributed by atoms with van der Waals surface area (Å²) in [7, 11) is 0. The second kappa shape index (κ2) is 10.3. The third kappa shape index (κ3) is 5.73. The van der Waals surface area contributed by atoms with E-state index in [9.17, 15) is 14.4 Å². The SMILES string of the molecule is CCOC(=O)C(Cc1ccc(Oc2ccc(N)cc2)cc1)(NC(C)=O)C(=O)OCC. The molecule has 0 bridgehead atoms. The summed E-state index contributed by atoms with van der Waals surface area (Å²) in [5, 5.41) is 2.44. The van der Waals surface area contributed by atoms with Gasteiger partial charge in [-0.25, -0.2) is 9.59 Å². The van der Waals surface area contributed by atoms with Gasteiger partial charge in [0.1, 0.15) is 11.5 Å². The second-order valence-corrected chi connectivity index (χ2v) is 6.52. The van der Waals surface area contributed by atoms with Gasteiger partial charge in [0.05, 0.1) is 13.2 Å². The Hall–Kier alpha value is -3.55. The number of benzene rings is 2. The summed E-state index contributed by atoms with van der Waals surface area (Å²) in [5.41, 5.74) is 4.92. The van der Waals surface area contributed by atoms with Crippen molar-refractivity contribution in [3.05, 3.63) is 54.1 Å². The fourth-order valence-electron chi connectivity index (χ4n) is 2.84. The third-order valence-corrected chi connectivity index (χ3v) is 4.15. The van der Waals surface area contributed by atoms with Crippen molar-refractivity contribution in [3.8, 4) is 11.5 Å². The van der Waals surface area contributed by atoms with E-state index in [-0.39, 0.29) is 19.6 Å². The molecule has 0 atom stereocenters. The zero-order chi connectivity index (χ0) is 22.1. The van der Waals surface area contributed by atoms with Gasteiger partial charge in [0.2, 0.25) is 11.4 Å². The van der Waals surface area contributed by atoms with Gasteiger partial charge in [-0.2, -0.15) is 0 Å². The maximum absolute atomic E-state index is 12.7. The lowest BCUT2D eigenvalue weighted by molar-refractivity contribution is -0.168. The van der Waals surface area contributed by atoms with Crippen LogP contribution in [0.2, 0.25) is 0 Å². The number of nitrogens with two attached hydrogens (primary N) is 1. The minimum Gasteiger partial charge on any atom is -0.464 e. The number of nitrogen functional groups attached to an aromatic ring is 1. The van der Waals surface area contributed by atoms with Crippen LogP contribution in [0.5, 0.6) is 11.5 Å². The van der Waals surface area contributed by atoms with Crippen molar-refractivity contribution in [3.63, 3.8) is 0 Å². The molecule has 8 nitrogen and oxygen atoms in total. The highest BCUT2D eigenvalue weighted by Gasteiger charge is 2.50. The molecule has 0 unspecified atom stereocenters. The summed E-state index contributed by atoms with van der Waals surface area (Å²) in [6.45, 7) is 4.55. The van der Waals surface area contributed by atoms with Gasteiger partial charge < -0.3 is 25.3 Å². The summed E-state index contributed by atoms with van der Waals surface area (Å²) in [5.74, 6) is -1.13. The van der Waals surface area contributed by atoms with Crippen LogP contribution >= 0.6 is 0 Å². The van der Waals surface area contributed by atoms with Gasteiger partial charge in [-0.1, -0.05) is 12.1 Å². The van der Waals surface area contributed by atoms with Crippen molar-refractivity contribution < 1.29 is 28.6 Å². The van der Waals surface area contributed by atoms with Crippen LogP contribution in [0.3, 0.4) is 0 Å².